The van der Waals surface area contributed by atoms with Gasteiger partial charge in [-0.3, -0.25) is 0 Å². The molecule has 0 spiro atoms. The highest BCUT2D eigenvalue weighted by Gasteiger charge is 2.31. The van der Waals surface area contributed by atoms with Crippen LogP contribution in [0.1, 0.15) is 51.4 Å². The van der Waals surface area contributed by atoms with E-state index in [1.165, 1.54) is 71.0 Å². The Morgan fingerprint density at radius 1 is 1.00 bits per heavy atom. The predicted molar refractivity (Wildman–Crippen MR) is 80.4 cm³/mol. The van der Waals surface area contributed by atoms with Crippen molar-refractivity contribution in [3.63, 3.8) is 0 Å². The first-order valence-corrected chi connectivity index (χ1v) is 8.26. The summed E-state index contributed by atoms with van der Waals surface area (Å²) >= 11 is 0. The molecule has 0 aromatic heterocycles. The van der Waals surface area contributed by atoms with Crippen LogP contribution in [0, 0.1) is 5.41 Å². The van der Waals surface area contributed by atoms with E-state index in [9.17, 15) is 5.11 Å². The number of likely N-dealkylation sites (tertiary alicyclic amines) is 1. The topological polar surface area (TPSA) is 26.7 Å². The third kappa shape index (κ3) is 4.73. The molecule has 112 valence electrons. The second-order valence-corrected chi connectivity index (χ2v) is 6.86. The summed E-state index contributed by atoms with van der Waals surface area (Å²) in [6, 6.07) is 0. The summed E-state index contributed by atoms with van der Waals surface area (Å²) in [6.07, 6.45) is 10.5. The number of hydrogen-bond donors (Lipinski definition) is 1. The number of nitrogens with zero attached hydrogens (tertiary/aromatic N) is 2. The zero-order valence-electron chi connectivity index (χ0n) is 12.7. The Morgan fingerprint density at radius 2 is 1.63 bits per heavy atom. The van der Waals surface area contributed by atoms with Crippen LogP contribution in [-0.2, 0) is 0 Å². The van der Waals surface area contributed by atoms with Gasteiger partial charge in [-0.25, -0.2) is 0 Å². The molecule has 0 radical (unpaired) electrons. The van der Waals surface area contributed by atoms with Crippen molar-refractivity contribution in [2.45, 2.75) is 51.4 Å². The summed E-state index contributed by atoms with van der Waals surface area (Å²) < 4.78 is 0. The minimum atomic E-state index is 0.191. The third-order valence-electron chi connectivity index (χ3n) is 5.10. The average Bonchev–Trinajstić information content (AvgIpc) is 2.83. The Bertz CT molecular complexity index is 243. The van der Waals surface area contributed by atoms with Crippen LogP contribution in [0.15, 0.2) is 0 Å². The van der Waals surface area contributed by atoms with Crippen molar-refractivity contribution in [3.05, 3.63) is 0 Å². The van der Waals surface area contributed by atoms with Gasteiger partial charge in [0, 0.05) is 31.7 Å². The largest absolute Gasteiger partial charge is 0.396 e. The summed E-state index contributed by atoms with van der Waals surface area (Å²) in [5, 5.41) is 9.86. The van der Waals surface area contributed by atoms with Gasteiger partial charge >= 0.3 is 0 Å². The lowest BCUT2D eigenvalue weighted by Crippen LogP contribution is -2.41. The Hall–Kier alpha value is -0.120. The number of likely N-dealkylation sites (N-methyl/N-ethyl adjacent to an activating group) is 1. The van der Waals surface area contributed by atoms with Crippen LogP contribution in [0.2, 0.25) is 0 Å². The molecule has 1 aliphatic carbocycles. The Labute approximate surface area is 119 Å². The standard InChI is InChI=1S/C16H32N2O/c1-17(12-13-18-10-6-7-11-18)14-16(15-19)8-4-2-3-5-9-16/h19H,2-15H2,1H3. The van der Waals surface area contributed by atoms with Crippen LogP contribution >= 0.6 is 0 Å². The van der Waals surface area contributed by atoms with Crippen molar-refractivity contribution < 1.29 is 5.11 Å². The van der Waals surface area contributed by atoms with E-state index in [0.29, 0.717) is 6.61 Å². The molecular weight excluding hydrogens is 236 g/mol. The lowest BCUT2D eigenvalue weighted by Gasteiger charge is -2.35. The van der Waals surface area contributed by atoms with Gasteiger partial charge in [-0.15, -0.1) is 0 Å². The smallest absolute Gasteiger partial charge is 0.0499 e. The van der Waals surface area contributed by atoms with E-state index < -0.39 is 0 Å². The molecule has 0 aromatic rings. The maximum absolute atomic E-state index is 9.86. The minimum absolute atomic E-state index is 0.191. The monoisotopic (exact) mass is 268 g/mol. The van der Waals surface area contributed by atoms with Crippen LogP contribution in [0.5, 0.6) is 0 Å². The fraction of sp³-hybridized carbons (Fsp3) is 1.00. The summed E-state index contributed by atoms with van der Waals surface area (Å²) in [7, 11) is 2.23. The molecular formula is C16H32N2O. The summed E-state index contributed by atoms with van der Waals surface area (Å²) in [6.45, 7) is 6.40. The molecule has 3 heteroatoms. The van der Waals surface area contributed by atoms with E-state index in [2.05, 4.69) is 16.8 Å². The van der Waals surface area contributed by atoms with E-state index in [1.54, 1.807) is 0 Å². The van der Waals surface area contributed by atoms with E-state index in [1.807, 2.05) is 0 Å². The van der Waals surface area contributed by atoms with Crippen LogP contribution in [0.4, 0.5) is 0 Å². The van der Waals surface area contributed by atoms with Crippen molar-refractivity contribution in [3.8, 4) is 0 Å². The predicted octanol–water partition coefficient (Wildman–Crippen LogP) is 2.35. The first kappa shape index (κ1) is 15.3. The Morgan fingerprint density at radius 3 is 2.21 bits per heavy atom. The minimum Gasteiger partial charge on any atom is -0.396 e. The molecule has 2 aliphatic rings. The second-order valence-electron chi connectivity index (χ2n) is 6.86. The highest BCUT2D eigenvalue weighted by molar-refractivity contribution is 4.84. The summed E-state index contributed by atoms with van der Waals surface area (Å²) in [5.74, 6) is 0. The fourth-order valence-corrected chi connectivity index (χ4v) is 3.81. The quantitative estimate of drug-likeness (QED) is 0.749. The van der Waals surface area contributed by atoms with Gasteiger partial charge in [0.1, 0.15) is 0 Å². The first-order valence-electron chi connectivity index (χ1n) is 8.26. The van der Waals surface area contributed by atoms with E-state index >= 15 is 0 Å². The maximum atomic E-state index is 9.86. The van der Waals surface area contributed by atoms with Crippen LogP contribution in [0.3, 0.4) is 0 Å². The molecule has 1 N–H and O–H groups in total. The van der Waals surface area contributed by atoms with Gasteiger partial charge < -0.3 is 14.9 Å². The molecule has 0 atom stereocenters. The van der Waals surface area contributed by atoms with E-state index in [0.717, 1.165) is 13.1 Å². The second kappa shape index (κ2) is 7.61. The number of aliphatic hydroxyl groups excluding tert-OH is 1. The molecule has 0 bridgehead atoms. The number of aliphatic hydroxyl groups is 1. The maximum Gasteiger partial charge on any atom is 0.0499 e. The van der Waals surface area contributed by atoms with Crippen molar-refractivity contribution >= 4 is 0 Å². The lowest BCUT2D eigenvalue weighted by molar-refractivity contribution is 0.0659. The van der Waals surface area contributed by atoms with Gasteiger partial charge in [-0.2, -0.15) is 0 Å². The van der Waals surface area contributed by atoms with Gasteiger partial charge in [0.2, 0.25) is 0 Å². The van der Waals surface area contributed by atoms with Crippen molar-refractivity contribution in [2.24, 2.45) is 5.41 Å². The third-order valence-corrected chi connectivity index (χ3v) is 5.10. The molecule has 2 rings (SSSR count). The van der Waals surface area contributed by atoms with Crippen molar-refractivity contribution in [1.82, 2.24) is 9.80 Å². The molecule has 1 heterocycles. The molecule has 0 aromatic carbocycles. The molecule has 19 heavy (non-hydrogen) atoms. The van der Waals surface area contributed by atoms with Gasteiger partial charge in [0.15, 0.2) is 0 Å². The highest BCUT2D eigenvalue weighted by atomic mass is 16.3. The SMILES string of the molecule is CN(CCN1CCCC1)CC1(CO)CCCCCC1. The summed E-state index contributed by atoms with van der Waals surface area (Å²) in [4.78, 5) is 5.04. The van der Waals surface area contributed by atoms with Crippen molar-refractivity contribution in [1.29, 1.82) is 0 Å². The molecule has 2 fully saturated rings. The van der Waals surface area contributed by atoms with Crippen molar-refractivity contribution in [2.75, 3.05) is 46.4 Å². The van der Waals surface area contributed by atoms with Crippen LogP contribution in [0.25, 0.3) is 0 Å². The van der Waals surface area contributed by atoms with Gasteiger partial charge in [-0.05, 0) is 45.8 Å². The Kier molecular flexibility index (Phi) is 6.11. The molecule has 3 nitrogen and oxygen atoms in total. The lowest BCUT2D eigenvalue weighted by atomic mass is 9.80. The number of rotatable bonds is 6. The highest BCUT2D eigenvalue weighted by Crippen LogP contribution is 2.35. The van der Waals surface area contributed by atoms with E-state index in [-0.39, 0.29) is 5.41 Å². The van der Waals surface area contributed by atoms with Crippen LogP contribution in [-0.4, -0.2) is 61.3 Å². The normalized spacial score (nSPS) is 24.8. The number of hydrogen-bond acceptors (Lipinski definition) is 3. The summed E-state index contributed by atoms with van der Waals surface area (Å²) in [5.41, 5.74) is 0.191. The molecule has 1 saturated heterocycles. The van der Waals surface area contributed by atoms with E-state index in [4.69, 9.17) is 0 Å². The van der Waals surface area contributed by atoms with Gasteiger partial charge in [0.25, 0.3) is 0 Å². The zero-order valence-corrected chi connectivity index (χ0v) is 12.7. The molecule has 0 amide bonds. The molecule has 1 saturated carbocycles. The molecule has 0 unspecified atom stereocenters. The first-order chi connectivity index (χ1) is 9.24. The zero-order chi connectivity index (χ0) is 13.6. The molecule has 1 aliphatic heterocycles. The average molecular weight is 268 g/mol. The fourth-order valence-electron chi connectivity index (χ4n) is 3.81. The van der Waals surface area contributed by atoms with Gasteiger partial charge in [0.05, 0.1) is 0 Å². The van der Waals surface area contributed by atoms with Crippen LogP contribution < -0.4 is 0 Å². The Balaban J connectivity index is 1.75. The van der Waals surface area contributed by atoms with Gasteiger partial charge in [-0.1, -0.05) is 25.7 Å².